The molecule has 1 saturated heterocycles. The lowest BCUT2D eigenvalue weighted by atomic mass is 10.1. The summed E-state index contributed by atoms with van der Waals surface area (Å²) in [5.41, 5.74) is 5.74. The normalized spacial score (nSPS) is 18.1. The minimum atomic E-state index is -0.400. The number of amides is 2. The molecule has 1 aliphatic heterocycles. The molecule has 2 amide bonds. The van der Waals surface area contributed by atoms with Gasteiger partial charge in [0.15, 0.2) is 0 Å². The lowest BCUT2D eigenvalue weighted by Crippen LogP contribution is -2.54. The average Bonchev–Trinajstić information content (AvgIpc) is 2.36. The molecule has 1 atom stereocenters. The number of piperazine rings is 1. The van der Waals surface area contributed by atoms with Crippen molar-refractivity contribution in [2.45, 2.75) is 39.7 Å². The van der Waals surface area contributed by atoms with Crippen molar-refractivity contribution in [1.29, 1.82) is 0 Å². The molecule has 0 aromatic heterocycles. The number of nitrogens with zero attached hydrogens (tertiary/aromatic N) is 2. The Balaban J connectivity index is 2.41. The highest BCUT2D eigenvalue weighted by Gasteiger charge is 2.26. The minimum absolute atomic E-state index is 0.00783. The van der Waals surface area contributed by atoms with Crippen LogP contribution in [-0.2, 0) is 9.59 Å². The lowest BCUT2D eigenvalue weighted by Gasteiger charge is -2.36. The van der Waals surface area contributed by atoms with E-state index in [2.05, 4.69) is 0 Å². The highest BCUT2D eigenvalue weighted by molar-refractivity contribution is 5.82. The number of hydrogen-bond donors (Lipinski definition) is 1. The molecule has 1 unspecified atom stereocenters. The van der Waals surface area contributed by atoms with Gasteiger partial charge in [0.2, 0.25) is 11.8 Å². The highest BCUT2D eigenvalue weighted by atomic mass is 16.2. The van der Waals surface area contributed by atoms with Gasteiger partial charge in [-0.1, -0.05) is 20.8 Å². The molecule has 1 heterocycles. The van der Waals surface area contributed by atoms with Crippen molar-refractivity contribution < 1.29 is 9.59 Å². The van der Waals surface area contributed by atoms with Crippen LogP contribution in [0.3, 0.4) is 0 Å². The third-order valence-corrected chi connectivity index (χ3v) is 3.28. The fourth-order valence-electron chi connectivity index (χ4n) is 2.06. The zero-order valence-corrected chi connectivity index (χ0v) is 11.7. The summed E-state index contributed by atoms with van der Waals surface area (Å²) in [7, 11) is 0. The Morgan fingerprint density at radius 3 is 2.06 bits per heavy atom. The quantitative estimate of drug-likeness (QED) is 0.792. The van der Waals surface area contributed by atoms with Crippen LogP contribution in [0, 0.1) is 5.92 Å². The molecular formula is C13H25N3O2. The molecule has 1 rings (SSSR count). The molecule has 1 aliphatic rings. The maximum Gasteiger partial charge on any atom is 0.239 e. The van der Waals surface area contributed by atoms with E-state index in [1.54, 1.807) is 4.90 Å². The predicted octanol–water partition coefficient (Wildman–Crippen LogP) is 0.441. The Morgan fingerprint density at radius 2 is 1.61 bits per heavy atom. The molecule has 0 aromatic rings. The molecule has 5 heteroatoms. The van der Waals surface area contributed by atoms with Crippen molar-refractivity contribution in [3.05, 3.63) is 0 Å². The van der Waals surface area contributed by atoms with Gasteiger partial charge in [-0.15, -0.1) is 0 Å². The number of hydrogen-bond acceptors (Lipinski definition) is 3. The van der Waals surface area contributed by atoms with Gasteiger partial charge in [-0.05, 0) is 12.3 Å². The van der Waals surface area contributed by atoms with Crippen LogP contribution in [0.1, 0.15) is 33.6 Å². The first kappa shape index (κ1) is 15.0. The van der Waals surface area contributed by atoms with E-state index in [-0.39, 0.29) is 11.8 Å². The Hall–Kier alpha value is -1.10. The van der Waals surface area contributed by atoms with Crippen molar-refractivity contribution >= 4 is 11.8 Å². The van der Waals surface area contributed by atoms with Gasteiger partial charge < -0.3 is 15.5 Å². The van der Waals surface area contributed by atoms with Crippen LogP contribution in [0.15, 0.2) is 0 Å². The van der Waals surface area contributed by atoms with E-state index in [1.165, 1.54) is 0 Å². The largest absolute Gasteiger partial charge is 0.339 e. The van der Waals surface area contributed by atoms with Gasteiger partial charge in [0.1, 0.15) is 0 Å². The van der Waals surface area contributed by atoms with Crippen LogP contribution in [0.25, 0.3) is 0 Å². The van der Waals surface area contributed by atoms with Crippen molar-refractivity contribution in [1.82, 2.24) is 9.80 Å². The van der Waals surface area contributed by atoms with Gasteiger partial charge >= 0.3 is 0 Å². The summed E-state index contributed by atoms with van der Waals surface area (Å²) in [4.78, 5) is 27.4. The van der Waals surface area contributed by atoms with Gasteiger partial charge in [-0.3, -0.25) is 9.59 Å². The zero-order valence-electron chi connectivity index (χ0n) is 11.7. The summed E-state index contributed by atoms with van der Waals surface area (Å²) in [5, 5.41) is 0. The molecule has 0 bridgehead atoms. The van der Waals surface area contributed by atoms with Gasteiger partial charge in [-0.25, -0.2) is 0 Å². The topological polar surface area (TPSA) is 66.6 Å². The molecule has 0 aliphatic carbocycles. The monoisotopic (exact) mass is 255 g/mol. The van der Waals surface area contributed by atoms with Crippen LogP contribution in [0.4, 0.5) is 0 Å². The Morgan fingerprint density at radius 1 is 1.11 bits per heavy atom. The summed E-state index contributed by atoms with van der Waals surface area (Å²) >= 11 is 0. The molecule has 0 aromatic carbocycles. The maximum atomic E-state index is 11.9. The summed E-state index contributed by atoms with van der Waals surface area (Å²) in [6, 6.07) is -0.400. The van der Waals surface area contributed by atoms with Gasteiger partial charge in [0.25, 0.3) is 0 Å². The van der Waals surface area contributed by atoms with Crippen molar-refractivity contribution in [3.63, 3.8) is 0 Å². The molecule has 2 N–H and O–H groups in total. The average molecular weight is 255 g/mol. The fourth-order valence-corrected chi connectivity index (χ4v) is 2.06. The van der Waals surface area contributed by atoms with E-state index in [0.717, 1.165) is 0 Å². The molecular weight excluding hydrogens is 230 g/mol. The van der Waals surface area contributed by atoms with Gasteiger partial charge in [0, 0.05) is 32.6 Å². The first-order valence-corrected chi connectivity index (χ1v) is 6.77. The number of nitrogens with two attached hydrogens (primary N) is 1. The first-order chi connectivity index (χ1) is 8.45. The van der Waals surface area contributed by atoms with E-state index in [0.29, 0.717) is 44.9 Å². The maximum absolute atomic E-state index is 11.9. The smallest absolute Gasteiger partial charge is 0.239 e. The standard InChI is InChI=1S/C13H25N3O2/c1-4-11(14)13(18)16-7-5-15(6-8-16)12(17)9-10(2)3/h10-11H,4-9,14H2,1-3H3. The van der Waals surface area contributed by atoms with Gasteiger partial charge in [-0.2, -0.15) is 0 Å². The molecule has 0 saturated carbocycles. The van der Waals surface area contributed by atoms with Gasteiger partial charge in [0.05, 0.1) is 6.04 Å². The van der Waals surface area contributed by atoms with Crippen LogP contribution >= 0.6 is 0 Å². The van der Waals surface area contributed by atoms with Crippen LogP contribution in [0.2, 0.25) is 0 Å². The molecule has 18 heavy (non-hydrogen) atoms. The second-order valence-corrected chi connectivity index (χ2v) is 5.32. The number of carbonyl (C=O) groups excluding carboxylic acids is 2. The Bertz CT molecular complexity index is 297. The highest BCUT2D eigenvalue weighted by Crippen LogP contribution is 2.09. The lowest BCUT2D eigenvalue weighted by molar-refractivity contribution is -0.140. The number of carbonyl (C=O) groups is 2. The van der Waals surface area contributed by atoms with E-state index < -0.39 is 6.04 Å². The molecule has 0 spiro atoms. The number of rotatable bonds is 4. The summed E-state index contributed by atoms with van der Waals surface area (Å²) < 4.78 is 0. The molecule has 5 nitrogen and oxygen atoms in total. The second kappa shape index (κ2) is 6.73. The first-order valence-electron chi connectivity index (χ1n) is 6.77. The van der Waals surface area contributed by atoms with E-state index in [4.69, 9.17) is 5.73 Å². The van der Waals surface area contributed by atoms with Crippen molar-refractivity contribution in [3.8, 4) is 0 Å². The van der Waals surface area contributed by atoms with E-state index >= 15 is 0 Å². The van der Waals surface area contributed by atoms with Crippen molar-refractivity contribution in [2.75, 3.05) is 26.2 Å². The van der Waals surface area contributed by atoms with E-state index in [9.17, 15) is 9.59 Å². The fraction of sp³-hybridized carbons (Fsp3) is 0.846. The van der Waals surface area contributed by atoms with Crippen LogP contribution in [0.5, 0.6) is 0 Å². The molecule has 104 valence electrons. The summed E-state index contributed by atoms with van der Waals surface area (Å²) in [6.45, 7) is 8.47. The van der Waals surface area contributed by atoms with Crippen LogP contribution < -0.4 is 5.73 Å². The summed E-state index contributed by atoms with van der Waals surface area (Å²) in [5.74, 6) is 0.580. The third kappa shape index (κ3) is 3.98. The van der Waals surface area contributed by atoms with Crippen molar-refractivity contribution in [2.24, 2.45) is 11.7 Å². The zero-order chi connectivity index (χ0) is 13.7. The molecule has 0 radical (unpaired) electrons. The Labute approximate surface area is 109 Å². The molecule has 1 fully saturated rings. The third-order valence-electron chi connectivity index (χ3n) is 3.28. The predicted molar refractivity (Wildman–Crippen MR) is 70.9 cm³/mol. The minimum Gasteiger partial charge on any atom is -0.339 e. The second-order valence-electron chi connectivity index (χ2n) is 5.32. The van der Waals surface area contributed by atoms with E-state index in [1.807, 2.05) is 25.7 Å². The SMILES string of the molecule is CCC(N)C(=O)N1CCN(C(=O)CC(C)C)CC1. The van der Waals surface area contributed by atoms with Crippen LogP contribution in [-0.4, -0.2) is 53.8 Å². The Kier molecular flexibility index (Phi) is 5.59. The summed E-state index contributed by atoms with van der Waals surface area (Å²) in [6.07, 6.45) is 1.24.